The van der Waals surface area contributed by atoms with Crippen LogP contribution in [0.3, 0.4) is 0 Å². The zero-order valence-electron chi connectivity index (χ0n) is 21.7. The van der Waals surface area contributed by atoms with Crippen LogP contribution in [0, 0.1) is 60.9 Å². The molecule has 0 bridgehead atoms. The van der Waals surface area contributed by atoms with Crippen molar-refractivity contribution in [1.29, 1.82) is 0 Å². The zero-order valence-corrected chi connectivity index (χ0v) is 24.1. The standard InChI is InChI=1S/2C12H7F3N.C6H5NO2.Ir/c2*1-7-2-3-16-11(4-7)8-5-9(13)12(15)10(14)6-8;8-6(9)5-3-1-2-4-7-5;/h2*2-5H,1H3;1-4H,(H,8,9);/q2*-1;;+3/p-1. The molecule has 0 saturated heterocycles. The normalized spacial score (nSPS) is 9.90. The number of aromatic carboxylic acids is 1. The molecule has 216 valence electrons. The van der Waals surface area contributed by atoms with Gasteiger partial charge in [0.25, 0.3) is 0 Å². The molecule has 0 aliphatic rings. The number of hydrogen-bond acceptors (Lipinski definition) is 5. The van der Waals surface area contributed by atoms with E-state index in [1.807, 2.05) is 13.8 Å². The molecule has 0 N–H and O–H groups in total. The third-order valence-electron chi connectivity index (χ3n) is 5.09. The maximum absolute atomic E-state index is 13.0. The van der Waals surface area contributed by atoms with E-state index in [4.69, 9.17) is 0 Å². The number of rotatable bonds is 3. The number of carbonyl (C=O) groups is 1. The van der Waals surface area contributed by atoms with Crippen LogP contribution in [0.5, 0.6) is 0 Å². The van der Waals surface area contributed by atoms with Gasteiger partial charge in [-0.3, -0.25) is 13.8 Å². The maximum Gasteiger partial charge on any atom is 3.00 e. The van der Waals surface area contributed by atoms with Gasteiger partial charge in [0.05, 0.1) is 34.9 Å². The summed E-state index contributed by atoms with van der Waals surface area (Å²) >= 11 is 0. The SMILES string of the molecule is Cc1ccnc(-c2[c-]c(F)c(F)c(F)c2)c1.Cc1ccnc(-c2[c-]c(F)c(F)c(F)c2)c1.O=C([O-])c1ccccn1.[Ir+3]. The van der Waals surface area contributed by atoms with Crippen molar-refractivity contribution in [1.82, 2.24) is 15.0 Å². The summed E-state index contributed by atoms with van der Waals surface area (Å²) in [5, 5.41) is 10.0. The number of aromatic nitrogens is 3. The average molecular weight is 759 g/mol. The summed E-state index contributed by atoms with van der Waals surface area (Å²) in [5.41, 5.74) is 2.67. The van der Waals surface area contributed by atoms with Gasteiger partial charge in [-0.2, -0.15) is 0 Å². The van der Waals surface area contributed by atoms with E-state index in [1.165, 1.54) is 24.7 Å². The summed E-state index contributed by atoms with van der Waals surface area (Å²) in [6.07, 6.45) is 4.43. The third kappa shape index (κ3) is 9.32. The fourth-order valence-electron chi connectivity index (χ4n) is 3.13. The fourth-order valence-corrected chi connectivity index (χ4v) is 3.13. The monoisotopic (exact) mass is 759 g/mol. The maximum atomic E-state index is 13.0. The number of carbonyl (C=O) groups excluding carboxylic acids is 1. The van der Waals surface area contributed by atoms with Crippen molar-refractivity contribution in [2.75, 3.05) is 0 Å². The van der Waals surface area contributed by atoms with Crippen molar-refractivity contribution in [3.8, 4) is 22.5 Å². The molecule has 0 fully saturated rings. The molecule has 3 aromatic heterocycles. The van der Waals surface area contributed by atoms with Crippen LogP contribution in [-0.4, -0.2) is 20.9 Å². The molecule has 0 amide bonds. The second kappa shape index (κ2) is 15.6. The number of carboxylic acids is 1. The molecule has 0 atom stereocenters. The molecule has 0 saturated carbocycles. The summed E-state index contributed by atoms with van der Waals surface area (Å²) in [6.45, 7) is 3.64. The van der Waals surface area contributed by atoms with Gasteiger partial charge in [0, 0.05) is 18.6 Å². The van der Waals surface area contributed by atoms with E-state index >= 15 is 0 Å². The van der Waals surface area contributed by atoms with Gasteiger partial charge in [-0.05, 0) is 49.5 Å². The minimum Gasteiger partial charge on any atom is -0.543 e. The van der Waals surface area contributed by atoms with Crippen molar-refractivity contribution in [3.05, 3.63) is 137 Å². The van der Waals surface area contributed by atoms with Crippen LogP contribution in [-0.2, 0) is 20.1 Å². The Morgan fingerprint density at radius 1 is 0.667 bits per heavy atom. The van der Waals surface area contributed by atoms with Gasteiger partial charge in [0.1, 0.15) is 11.6 Å². The Kier molecular flexibility index (Phi) is 12.5. The van der Waals surface area contributed by atoms with Crippen molar-refractivity contribution in [3.63, 3.8) is 0 Å². The quantitative estimate of drug-likeness (QED) is 0.128. The first kappa shape index (κ1) is 33.8. The number of pyridine rings is 3. The molecule has 0 aliphatic carbocycles. The predicted molar refractivity (Wildman–Crippen MR) is 135 cm³/mol. The molecule has 0 radical (unpaired) electrons. The predicted octanol–water partition coefficient (Wildman–Crippen LogP) is 5.99. The summed E-state index contributed by atoms with van der Waals surface area (Å²) < 4.78 is 77.2. The molecule has 42 heavy (non-hydrogen) atoms. The van der Waals surface area contributed by atoms with Gasteiger partial charge in [0.15, 0.2) is 0 Å². The largest absolute Gasteiger partial charge is 3.00 e. The third-order valence-corrected chi connectivity index (χ3v) is 5.09. The number of aryl methyl sites for hydroxylation is 2. The Labute approximate surface area is 250 Å². The van der Waals surface area contributed by atoms with Crippen LogP contribution in [0.4, 0.5) is 26.3 Å². The van der Waals surface area contributed by atoms with E-state index in [9.17, 15) is 36.2 Å². The van der Waals surface area contributed by atoms with Gasteiger partial charge in [-0.15, -0.1) is 35.4 Å². The smallest absolute Gasteiger partial charge is 0.543 e. The van der Waals surface area contributed by atoms with Gasteiger partial charge >= 0.3 is 20.1 Å². The molecule has 2 aromatic carbocycles. The van der Waals surface area contributed by atoms with Gasteiger partial charge in [0.2, 0.25) is 0 Å². The van der Waals surface area contributed by atoms with Crippen LogP contribution in [0.25, 0.3) is 22.5 Å². The van der Waals surface area contributed by atoms with E-state index in [2.05, 4.69) is 27.1 Å². The summed E-state index contributed by atoms with van der Waals surface area (Å²) in [4.78, 5) is 21.4. The molecule has 0 aliphatic heterocycles. The molecular formula is C30H18F6IrN3O2. The Hall–Kier alpha value is -4.41. The van der Waals surface area contributed by atoms with E-state index in [0.29, 0.717) is 11.4 Å². The second-order valence-corrected chi connectivity index (χ2v) is 8.26. The topological polar surface area (TPSA) is 78.8 Å². The zero-order chi connectivity index (χ0) is 30.1. The molecule has 0 unspecified atom stereocenters. The summed E-state index contributed by atoms with van der Waals surface area (Å²) in [5.74, 6) is -9.43. The fraction of sp³-hybridized carbons (Fsp3) is 0.0667. The molecule has 5 rings (SSSR count). The van der Waals surface area contributed by atoms with Crippen LogP contribution < -0.4 is 5.11 Å². The molecule has 0 spiro atoms. The van der Waals surface area contributed by atoms with Crippen molar-refractivity contribution in [2.24, 2.45) is 0 Å². The Morgan fingerprint density at radius 3 is 1.43 bits per heavy atom. The summed E-state index contributed by atoms with van der Waals surface area (Å²) in [7, 11) is 0. The van der Waals surface area contributed by atoms with E-state index < -0.39 is 40.9 Å². The van der Waals surface area contributed by atoms with Crippen molar-refractivity contribution in [2.45, 2.75) is 13.8 Å². The van der Waals surface area contributed by atoms with Gasteiger partial charge in [-0.1, -0.05) is 29.3 Å². The Balaban J connectivity index is 0.000000227. The van der Waals surface area contributed by atoms with Crippen LogP contribution in [0.1, 0.15) is 21.6 Å². The first-order chi connectivity index (χ1) is 19.5. The number of benzene rings is 2. The van der Waals surface area contributed by atoms with Crippen LogP contribution in [0.2, 0.25) is 0 Å². The van der Waals surface area contributed by atoms with E-state index in [-0.39, 0.29) is 36.9 Å². The number of carboxylic acid groups (broad SMARTS) is 1. The first-order valence-corrected chi connectivity index (χ1v) is 11.6. The van der Waals surface area contributed by atoms with Gasteiger partial charge in [-0.25, -0.2) is 17.6 Å². The number of hydrogen-bond donors (Lipinski definition) is 0. The molecule has 12 heteroatoms. The Morgan fingerprint density at radius 2 is 1.12 bits per heavy atom. The molecule has 5 aromatic rings. The van der Waals surface area contributed by atoms with Crippen LogP contribution in [0.15, 0.2) is 73.2 Å². The number of halogens is 6. The minimum atomic E-state index is -1.52. The first-order valence-electron chi connectivity index (χ1n) is 11.6. The van der Waals surface area contributed by atoms with Crippen molar-refractivity contribution >= 4 is 5.97 Å². The second-order valence-electron chi connectivity index (χ2n) is 8.26. The molecule has 3 heterocycles. The van der Waals surface area contributed by atoms with E-state index in [0.717, 1.165) is 23.3 Å². The number of nitrogens with zero attached hydrogens (tertiary/aromatic N) is 3. The molecular weight excluding hydrogens is 741 g/mol. The van der Waals surface area contributed by atoms with E-state index in [1.54, 1.807) is 36.4 Å². The van der Waals surface area contributed by atoms with Crippen molar-refractivity contribution < 1.29 is 56.3 Å². The average Bonchev–Trinajstić information content (AvgIpc) is 2.95. The summed E-state index contributed by atoms with van der Waals surface area (Å²) in [6, 6.07) is 17.4. The minimum absolute atomic E-state index is 0. The molecule has 5 nitrogen and oxygen atoms in total. The van der Waals surface area contributed by atoms with Crippen LogP contribution >= 0.6 is 0 Å². The Bertz CT molecular complexity index is 1530. The van der Waals surface area contributed by atoms with Gasteiger partial charge < -0.3 is 19.9 Å².